The van der Waals surface area contributed by atoms with Crippen LogP contribution in [0, 0.1) is 20.8 Å². The summed E-state index contributed by atoms with van der Waals surface area (Å²) in [7, 11) is 0. The van der Waals surface area contributed by atoms with Crippen LogP contribution in [0.5, 0.6) is 0 Å². The molecule has 0 saturated carbocycles. The highest BCUT2D eigenvalue weighted by atomic mass is 16.5. The van der Waals surface area contributed by atoms with E-state index in [4.69, 9.17) is 9.15 Å². The smallest absolute Gasteiger partial charge is 0.358 e. The van der Waals surface area contributed by atoms with Crippen LogP contribution in [0.3, 0.4) is 0 Å². The van der Waals surface area contributed by atoms with Gasteiger partial charge in [-0.2, -0.15) is 0 Å². The van der Waals surface area contributed by atoms with E-state index in [2.05, 4.69) is 9.97 Å². The summed E-state index contributed by atoms with van der Waals surface area (Å²) < 4.78 is 12.4. The molecule has 0 saturated heterocycles. The van der Waals surface area contributed by atoms with Gasteiger partial charge in [-0.15, -0.1) is 0 Å². The van der Waals surface area contributed by atoms with Gasteiger partial charge in [-0.3, -0.25) is 9.78 Å². The summed E-state index contributed by atoms with van der Waals surface area (Å²) in [6.45, 7) is 5.73. The molecule has 0 amide bonds. The third-order valence-corrected chi connectivity index (χ3v) is 4.09. The van der Waals surface area contributed by atoms with E-state index in [1.165, 1.54) is 12.4 Å². The number of rotatable bonds is 6. The number of furan rings is 1. The number of hydrogen-bond acceptors (Lipinski definition) is 6. The molecule has 0 aliphatic rings. The molecule has 3 aromatic rings. The molecule has 0 fully saturated rings. The van der Waals surface area contributed by atoms with Crippen LogP contribution < -0.4 is 0 Å². The van der Waals surface area contributed by atoms with Gasteiger partial charge in [0.05, 0.1) is 24.7 Å². The first-order chi connectivity index (χ1) is 12.5. The maximum atomic E-state index is 12.5. The molecular weight excluding hydrogens is 334 g/mol. The second-order valence-corrected chi connectivity index (χ2v) is 5.99. The first kappa shape index (κ1) is 17.6. The maximum absolute atomic E-state index is 12.5. The van der Waals surface area contributed by atoms with Crippen LogP contribution in [0.2, 0.25) is 0 Å². The SMILES string of the molecule is Cc1cnc(C(=O)OCC(=O)c2cc(C)n(Cc3ccco3)c2C)cn1. The molecule has 0 N–H and O–H groups in total. The zero-order valence-electron chi connectivity index (χ0n) is 14.9. The highest BCUT2D eigenvalue weighted by molar-refractivity contribution is 6.00. The Morgan fingerprint density at radius 1 is 1.19 bits per heavy atom. The van der Waals surface area contributed by atoms with Crippen molar-refractivity contribution in [3.05, 3.63) is 71.0 Å². The molecular formula is C19H19N3O4. The van der Waals surface area contributed by atoms with Gasteiger partial charge in [0.2, 0.25) is 5.78 Å². The number of nitrogens with zero attached hydrogens (tertiary/aromatic N) is 3. The summed E-state index contributed by atoms with van der Waals surface area (Å²) in [6, 6.07) is 5.49. The van der Waals surface area contributed by atoms with Crippen LogP contribution in [0.25, 0.3) is 0 Å². The Labute approximate surface area is 150 Å². The minimum absolute atomic E-state index is 0.0756. The van der Waals surface area contributed by atoms with Crippen molar-refractivity contribution in [1.82, 2.24) is 14.5 Å². The van der Waals surface area contributed by atoms with Gasteiger partial charge in [-0.25, -0.2) is 9.78 Å². The maximum Gasteiger partial charge on any atom is 0.358 e. The molecule has 0 spiro atoms. The van der Waals surface area contributed by atoms with Gasteiger partial charge in [-0.05, 0) is 39.0 Å². The van der Waals surface area contributed by atoms with E-state index < -0.39 is 5.97 Å². The lowest BCUT2D eigenvalue weighted by Crippen LogP contribution is -2.16. The number of aryl methyl sites for hydroxylation is 2. The standard InChI is InChI=1S/C19H19N3O4/c1-12-8-21-17(9-20-12)19(24)26-11-18(23)16-7-13(2)22(14(16)3)10-15-5-4-6-25-15/h4-9H,10-11H2,1-3H3. The van der Waals surface area contributed by atoms with Gasteiger partial charge in [-0.1, -0.05) is 0 Å². The lowest BCUT2D eigenvalue weighted by atomic mass is 10.1. The first-order valence-corrected chi connectivity index (χ1v) is 8.14. The number of aromatic nitrogens is 3. The minimum atomic E-state index is -0.671. The van der Waals surface area contributed by atoms with E-state index in [1.807, 2.05) is 30.5 Å². The number of carbonyl (C=O) groups is 2. The zero-order valence-corrected chi connectivity index (χ0v) is 14.9. The monoisotopic (exact) mass is 353 g/mol. The summed E-state index contributed by atoms with van der Waals surface area (Å²) >= 11 is 0. The molecule has 7 heteroatoms. The third kappa shape index (κ3) is 3.72. The largest absolute Gasteiger partial charge is 0.467 e. The Morgan fingerprint density at radius 3 is 2.65 bits per heavy atom. The van der Waals surface area contributed by atoms with Gasteiger partial charge >= 0.3 is 5.97 Å². The van der Waals surface area contributed by atoms with Crippen LogP contribution in [0.4, 0.5) is 0 Å². The molecule has 0 aliphatic carbocycles. The van der Waals surface area contributed by atoms with Crippen molar-refractivity contribution in [2.75, 3.05) is 6.61 Å². The van der Waals surface area contributed by atoms with Crippen molar-refractivity contribution in [1.29, 1.82) is 0 Å². The summed E-state index contributed by atoms with van der Waals surface area (Å²) in [4.78, 5) is 32.4. The summed E-state index contributed by atoms with van der Waals surface area (Å²) in [6.07, 6.45) is 4.42. The Bertz CT molecular complexity index is 925. The second-order valence-electron chi connectivity index (χ2n) is 5.99. The summed E-state index contributed by atoms with van der Waals surface area (Å²) in [5.41, 5.74) is 3.03. The van der Waals surface area contributed by atoms with Gasteiger partial charge in [0.1, 0.15) is 5.76 Å². The summed E-state index contributed by atoms with van der Waals surface area (Å²) in [5, 5.41) is 0. The van der Waals surface area contributed by atoms with Crippen molar-refractivity contribution in [3.8, 4) is 0 Å². The average Bonchev–Trinajstić information content (AvgIpc) is 3.24. The van der Waals surface area contributed by atoms with Crippen molar-refractivity contribution < 1.29 is 18.7 Å². The van der Waals surface area contributed by atoms with Crippen LogP contribution in [0.15, 0.2) is 41.3 Å². The number of carbonyl (C=O) groups excluding carboxylic acids is 2. The molecule has 0 atom stereocenters. The number of ketones is 1. The predicted molar refractivity (Wildman–Crippen MR) is 93.1 cm³/mol. The predicted octanol–water partition coefficient (Wildman–Crippen LogP) is 2.88. The molecule has 3 aromatic heterocycles. The highest BCUT2D eigenvalue weighted by Gasteiger charge is 2.19. The molecule has 0 radical (unpaired) electrons. The van der Waals surface area contributed by atoms with E-state index in [0.717, 1.165) is 17.1 Å². The normalized spacial score (nSPS) is 10.7. The molecule has 7 nitrogen and oxygen atoms in total. The molecule has 3 heterocycles. The highest BCUT2D eigenvalue weighted by Crippen LogP contribution is 2.18. The van der Waals surface area contributed by atoms with E-state index >= 15 is 0 Å². The van der Waals surface area contributed by atoms with Gasteiger partial charge in [0, 0.05) is 23.1 Å². The Hall–Kier alpha value is -3.22. The van der Waals surface area contributed by atoms with Gasteiger partial charge in [0.25, 0.3) is 0 Å². The third-order valence-electron chi connectivity index (χ3n) is 4.09. The molecule has 0 unspecified atom stereocenters. The first-order valence-electron chi connectivity index (χ1n) is 8.14. The van der Waals surface area contributed by atoms with Crippen molar-refractivity contribution in [2.24, 2.45) is 0 Å². The number of ether oxygens (including phenoxy) is 1. The fourth-order valence-electron chi connectivity index (χ4n) is 2.67. The number of esters is 1. The van der Waals surface area contributed by atoms with Crippen LogP contribution >= 0.6 is 0 Å². The molecule has 0 aromatic carbocycles. The van der Waals surface area contributed by atoms with E-state index in [0.29, 0.717) is 17.8 Å². The van der Waals surface area contributed by atoms with Crippen molar-refractivity contribution in [3.63, 3.8) is 0 Å². The van der Waals surface area contributed by atoms with Crippen molar-refractivity contribution in [2.45, 2.75) is 27.3 Å². The number of hydrogen-bond donors (Lipinski definition) is 0. The quantitative estimate of drug-likeness (QED) is 0.500. The lowest BCUT2D eigenvalue weighted by molar-refractivity contribution is 0.0468. The average molecular weight is 353 g/mol. The molecule has 0 bridgehead atoms. The van der Waals surface area contributed by atoms with Gasteiger partial charge < -0.3 is 13.7 Å². The molecule has 3 rings (SSSR count). The molecule has 26 heavy (non-hydrogen) atoms. The van der Waals surface area contributed by atoms with E-state index in [1.54, 1.807) is 19.3 Å². The van der Waals surface area contributed by atoms with Crippen molar-refractivity contribution >= 4 is 11.8 Å². The molecule has 134 valence electrons. The Morgan fingerprint density at radius 2 is 2.00 bits per heavy atom. The second kappa shape index (κ2) is 7.35. The lowest BCUT2D eigenvalue weighted by Gasteiger charge is -2.08. The summed E-state index contributed by atoms with van der Waals surface area (Å²) in [5.74, 6) is -0.136. The minimum Gasteiger partial charge on any atom is -0.467 e. The van der Waals surface area contributed by atoms with Gasteiger partial charge in [0.15, 0.2) is 12.3 Å². The number of Topliss-reactive ketones (excluding diaryl/α,β-unsaturated/α-hetero) is 1. The molecule has 0 aliphatic heterocycles. The van der Waals surface area contributed by atoms with E-state index in [9.17, 15) is 9.59 Å². The topological polar surface area (TPSA) is 87.2 Å². The van der Waals surface area contributed by atoms with Crippen LogP contribution in [0.1, 0.15) is 43.7 Å². The Balaban J connectivity index is 1.68. The fraction of sp³-hybridized carbons (Fsp3) is 0.263. The Kier molecular flexibility index (Phi) is 4.97. The van der Waals surface area contributed by atoms with Crippen LogP contribution in [-0.2, 0) is 11.3 Å². The van der Waals surface area contributed by atoms with Crippen LogP contribution in [-0.4, -0.2) is 32.9 Å². The van der Waals surface area contributed by atoms with E-state index in [-0.39, 0.29) is 18.1 Å². The fourth-order valence-corrected chi connectivity index (χ4v) is 2.67. The zero-order chi connectivity index (χ0) is 18.7.